The van der Waals surface area contributed by atoms with Crippen molar-refractivity contribution >= 4 is 16.9 Å². The predicted molar refractivity (Wildman–Crippen MR) is 152 cm³/mol. The Morgan fingerprint density at radius 3 is 2.48 bits per heavy atom. The highest BCUT2D eigenvalue weighted by Gasteiger charge is 2.28. The molecule has 1 heterocycles. The average molecular weight is 550 g/mol. The lowest BCUT2D eigenvalue weighted by Crippen LogP contribution is -2.50. The molecule has 3 atom stereocenters. The van der Waals surface area contributed by atoms with E-state index in [0.29, 0.717) is 24.0 Å². The first kappa shape index (κ1) is 29.3. The van der Waals surface area contributed by atoms with Gasteiger partial charge in [0, 0.05) is 19.2 Å². The van der Waals surface area contributed by atoms with Gasteiger partial charge in [-0.05, 0) is 60.2 Å². The predicted octanol–water partition coefficient (Wildman–Crippen LogP) is 4.88. The Balaban J connectivity index is 1.53. The number of amides is 1. The number of aryl methyl sites for hydroxylation is 1. The number of para-hydroxylation sites is 1. The number of nitrogens with zero attached hydrogens (tertiary/aromatic N) is 3. The molecule has 1 unspecified atom stereocenters. The summed E-state index contributed by atoms with van der Waals surface area (Å²) in [6.07, 6.45) is 2.15. The van der Waals surface area contributed by atoms with E-state index < -0.39 is 29.8 Å². The Labute approximate surface area is 233 Å². The van der Waals surface area contributed by atoms with Crippen molar-refractivity contribution in [2.75, 3.05) is 6.54 Å². The number of nitrogens with one attached hydrogen (secondary N) is 2. The number of aromatic nitrogens is 3. The van der Waals surface area contributed by atoms with Gasteiger partial charge in [0.1, 0.15) is 23.2 Å². The van der Waals surface area contributed by atoms with E-state index in [1.807, 2.05) is 43.3 Å². The average Bonchev–Trinajstić information content (AvgIpc) is 3.36. The SMILES string of the molecule is CCCCC(C(=O)N[C@@H](Cc1cc(F)cc(F)c1)[C@@H](O)CNCc1cccc(CC)c1)n1nnc2ccccc21. The largest absolute Gasteiger partial charge is 0.390 e. The normalized spacial score (nSPS) is 13.7. The van der Waals surface area contributed by atoms with Gasteiger partial charge in [0.2, 0.25) is 5.91 Å². The van der Waals surface area contributed by atoms with Gasteiger partial charge in [-0.3, -0.25) is 4.79 Å². The fraction of sp³-hybridized carbons (Fsp3) is 0.387. The summed E-state index contributed by atoms with van der Waals surface area (Å²) in [5.74, 6) is -1.75. The lowest BCUT2D eigenvalue weighted by atomic mass is 9.99. The molecule has 3 N–H and O–H groups in total. The number of carbonyl (C=O) groups is 1. The molecule has 0 aliphatic rings. The van der Waals surface area contributed by atoms with E-state index in [2.05, 4.69) is 40.0 Å². The summed E-state index contributed by atoms with van der Waals surface area (Å²) < 4.78 is 29.6. The van der Waals surface area contributed by atoms with Crippen LogP contribution in [-0.4, -0.2) is 44.7 Å². The van der Waals surface area contributed by atoms with Crippen LogP contribution in [0.3, 0.4) is 0 Å². The molecular formula is C31H37F2N5O2. The van der Waals surface area contributed by atoms with Crippen LogP contribution >= 0.6 is 0 Å². The monoisotopic (exact) mass is 549 g/mol. The molecule has 9 heteroatoms. The van der Waals surface area contributed by atoms with Crippen LogP contribution in [0.4, 0.5) is 8.78 Å². The molecule has 0 bridgehead atoms. The van der Waals surface area contributed by atoms with Crippen LogP contribution in [-0.2, 0) is 24.2 Å². The molecule has 4 rings (SSSR count). The maximum atomic E-state index is 14.0. The Morgan fingerprint density at radius 2 is 1.73 bits per heavy atom. The van der Waals surface area contributed by atoms with E-state index in [9.17, 15) is 18.7 Å². The number of halogens is 2. The number of rotatable bonds is 14. The number of hydrogen-bond acceptors (Lipinski definition) is 5. The Kier molecular flexibility index (Phi) is 10.3. The van der Waals surface area contributed by atoms with Crippen molar-refractivity contribution in [3.63, 3.8) is 0 Å². The maximum Gasteiger partial charge on any atom is 0.245 e. The van der Waals surface area contributed by atoms with Gasteiger partial charge < -0.3 is 15.7 Å². The van der Waals surface area contributed by atoms with Gasteiger partial charge in [0.05, 0.1) is 17.7 Å². The standard InChI is InChI=1S/C31H37F2N5O2/c1-3-5-12-29(38-28-13-7-6-11-26(28)36-37-38)31(40)35-27(17-23-15-24(32)18-25(33)16-23)30(39)20-34-19-22-10-8-9-21(4-2)14-22/h6-11,13-16,18,27,29-30,34,39H,3-5,12,17,19-20H2,1-2H3,(H,35,40)/t27-,29?,30-/m0/s1. The number of fused-ring (bicyclic) bond motifs is 1. The van der Waals surface area contributed by atoms with Gasteiger partial charge in [-0.15, -0.1) is 5.10 Å². The van der Waals surface area contributed by atoms with E-state index in [1.165, 1.54) is 17.7 Å². The Morgan fingerprint density at radius 1 is 0.975 bits per heavy atom. The summed E-state index contributed by atoms with van der Waals surface area (Å²) in [7, 11) is 0. The molecule has 0 fully saturated rings. The minimum Gasteiger partial charge on any atom is -0.390 e. The summed E-state index contributed by atoms with van der Waals surface area (Å²) in [5.41, 5.74) is 4.06. The van der Waals surface area contributed by atoms with Crippen LogP contribution < -0.4 is 10.6 Å². The molecule has 0 saturated heterocycles. The first-order valence-electron chi connectivity index (χ1n) is 13.9. The minimum absolute atomic E-state index is 0.0488. The summed E-state index contributed by atoms with van der Waals surface area (Å²) in [5, 5.41) is 25.9. The minimum atomic E-state index is -1.02. The number of benzene rings is 3. The van der Waals surface area contributed by atoms with E-state index >= 15 is 0 Å². The number of aliphatic hydroxyl groups excluding tert-OH is 1. The second kappa shape index (κ2) is 14.1. The van der Waals surface area contributed by atoms with E-state index in [1.54, 1.807) is 4.68 Å². The van der Waals surface area contributed by atoms with Crippen molar-refractivity contribution in [3.05, 3.63) is 95.1 Å². The molecule has 1 amide bonds. The highest BCUT2D eigenvalue weighted by molar-refractivity contribution is 5.83. The topological polar surface area (TPSA) is 92.1 Å². The zero-order chi connectivity index (χ0) is 28.5. The summed E-state index contributed by atoms with van der Waals surface area (Å²) in [4.78, 5) is 13.7. The lowest BCUT2D eigenvalue weighted by molar-refractivity contribution is -0.126. The van der Waals surface area contributed by atoms with Gasteiger partial charge in [-0.1, -0.05) is 68.3 Å². The van der Waals surface area contributed by atoms with Gasteiger partial charge in [0.15, 0.2) is 0 Å². The molecule has 0 aliphatic carbocycles. The van der Waals surface area contributed by atoms with Crippen molar-refractivity contribution in [2.45, 2.75) is 70.7 Å². The first-order chi connectivity index (χ1) is 19.4. The Hall–Kier alpha value is -3.69. The number of hydrogen-bond donors (Lipinski definition) is 3. The smallest absolute Gasteiger partial charge is 0.245 e. The lowest BCUT2D eigenvalue weighted by Gasteiger charge is -2.27. The highest BCUT2D eigenvalue weighted by atomic mass is 19.1. The second-order valence-corrected chi connectivity index (χ2v) is 10.1. The van der Waals surface area contributed by atoms with Crippen molar-refractivity contribution in [3.8, 4) is 0 Å². The van der Waals surface area contributed by atoms with Crippen LogP contribution in [0, 0.1) is 11.6 Å². The number of carbonyl (C=O) groups excluding carboxylic acids is 1. The number of aliphatic hydroxyl groups is 1. The fourth-order valence-electron chi connectivity index (χ4n) is 4.89. The molecule has 0 spiro atoms. The molecule has 3 aromatic carbocycles. The van der Waals surface area contributed by atoms with Crippen LogP contribution in [0.2, 0.25) is 0 Å². The van der Waals surface area contributed by atoms with Crippen LogP contribution in [0.1, 0.15) is 55.8 Å². The molecule has 40 heavy (non-hydrogen) atoms. The highest BCUT2D eigenvalue weighted by Crippen LogP contribution is 2.22. The first-order valence-corrected chi connectivity index (χ1v) is 13.9. The number of unbranched alkanes of at least 4 members (excludes halogenated alkanes) is 1. The van der Waals surface area contributed by atoms with Crippen LogP contribution in [0.25, 0.3) is 11.0 Å². The third kappa shape index (κ3) is 7.70. The van der Waals surface area contributed by atoms with Gasteiger partial charge in [-0.25, -0.2) is 13.5 Å². The van der Waals surface area contributed by atoms with E-state index in [0.717, 1.165) is 36.4 Å². The summed E-state index contributed by atoms with van der Waals surface area (Å²) >= 11 is 0. The molecule has 7 nitrogen and oxygen atoms in total. The van der Waals surface area contributed by atoms with Gasteiger partial charge >= 0.3 is 0 Å². The quantitative estimate of drug-likeness (QED) is 0.209. The summed E-state index contributed by atoms with van der Waals surface area (Å²) in [6, 6.07) is 17.4. The summed E-state index contributed by atoms with van der Waals surface area (Å²) in [6.45, 7) is 4.84. The molecule has 212 valence electrons. The molecule has 4 aromatic rings. The van der Waals surface area contributed by atoms with Crippen LogP contribution in [0.15, 0.2) is 66.7 Å². The van der Waals surface area contributed by atoms with E-state index in [-0.39, 0.29) is 18.9 Å². The van der Waals surface area contributed by atoms with E-state index in [4.69, 9.17) is 0 Å². The van der Waals surface area contributed by atoms with Crippen molar-refractivity contribution in [2.24, 2.45) is 0 Å². The molecule has 1 aromatic heterocycles. The third-order valence-corrected chi connectivity index (χ3v) is 7.06. The fourth-order valence-corrected chi connectivity index (χ4v) is 4.89. The molecule has 0 radical (unpaired) electrons. The van der Waals surface area contributed by atoms with Gasteiger partial charge in [-0.2, -0.15) is 0 Å². The molecular weight excluding hydrogens is 512 g/mol. The van der Waals surface area contributed by atoms with Crippen LogP contribution in [0.5, 0.6) is 0 Å². The van der Waals surface area contributed by atoms with Crippen molar-refractivity contribution < 1.29 is 18.7 Å². The second-order valence-electron chi connectivity index (χ2n) is 10.1. The van der Waals surface area contributed by atoms with Crippen molar-refractivity contribution in [1.82, 2.24) is 25.6 Å². The molecule has 0 saturated carbocycles. The Bertz CT molecular complexity index is 1390. The third-order valence-electron chi connectivity index (χ3n) is 7.06. The zero-order valence-corrected chi connectivity index (χ0v) is 23.0. The zero-order valence-electron chi connectivity index (χ0n) is 23.0. The maximum absolute atomic E-state index is 14.0. The molecule has 0 aliphatic heterocycles. The van der Waals surface area contributed by atoms with Gasteiger partial charge in [0.25, 0.3) is 0 Å². The van der Waals surface area contributed by atoms with Crippen molar-refractivity contribution in [1.29, 1.82) is 0 Å².